The molecule has 3 heterocycles. The molecule has 0 amide bonds. The molecule has 0 radical (unpaired) electrons. The number of fused-ring (bicyclic) bond motifs is 3. The molecule has 2 aliphatic heterocycles. The van der Waals surface area contributed by atoms with E-state index in [4.69, 9.17) is 0 Å². The summed E-state index contributed by atoms with van der Waals surface area (Å²) in [4.78, 5) is 15.6. The third kappa shape index (κ3) is 2.27. The quantitative estimate of drug-likeness (QED) is 0.662. The molecule has 3 heteroatoms. The lowest BCUT2D eigenvalue weighted by Gasteiger charge is -2.26. The van der Waals surface area contributed by atoms with Crippen molar-refractivity contribution in [2.75, 3.05) is 20.1 Å². The molecule has 2 aromatic carbocycles. The van der Waals surface area contributed by atoms with Gasteiger partial charge < -0.3 is 4.90 Å². The standard InChI is InChI=1S/C23H24N2O/c1-15-12-19-17-8-10-24(2)11-9-21(17)25-22(26)14-18(20(13-15)23(19)25)16-6-4-3-5-7-16/h3-7,12-13,18H,8-11,14H2,1-2H3. The van der Waals surface area contributed by atoms with Crippen molar-refractivity contribution < 1.29 is 4.79 Å². The molecule has 3 nitrogen and oxygen atoms in total. The first kappa shape index (κ1) is 15.8. The van der Waals surface area contributed by atoms with Crippen molar-refractivity contribution in [1.29, 1.82) is 0 Å². The Labute approximate surface area is 154 Å². The second kappa shape index (κ2) is 5.82. The first-order valence-corrected chi connectivity index (χ1v) is 9.57. The Balaban J connectivity index is 1.81. The number of hydrogen-bond acceptors (Lipinski definition) is 2. The predicted octanol–water partition coefficient (Wildman–Crippen LogP) is 4.16. The van der Waals surface area contributed by atoms with Crippen LogP contribution in [0.25, 0.3) is 10.9 Å². The van der Waals surface area contributed by atoms with Gasteiger partial charge in [0.1, 0.15) is 0 Å². The molecule has 1 aromatic heterocycles. The van der Waals surface area contributed by atoms with Gasteiger partial charge in [-0.1, -0.05) is 42.0 Å². The molecule has 26 heavy (non-hydrogen) atoms. The van der Waals surface area contributed by atoms with Crippen molar-refractivity contribution >= 4 is 16.8 Å². The maximum atomic E-state index is 13.2. The van der Waals surface area contributed by atoms with Crippen LogP contribution in [0.5, 0.6) is 0 Å². The fourth-order valence-electron chi connectivity index (χ4n) is 4.86. The van der Waals surface area contributed by atoms with E-state index < -0.39 is 0 Å². The minimum absolute atomic E-state index is 0.166. The zero-order valence-corrected chi connectivity index (χ0v) is 15.5. The van der Waals surface area contributed by atoms with E-state index in [2.05, 4.69) is 59.8 Å². The summed E-state index contributed by atoms with van der Waals surface area (Å²) < 4.78 is 2.07. The second-order valence-corrected chi connectivity index (χ2v) is 7.88. The van der Waals surface area contributed by atoms with Crippen molar-refractivity contribution in [3.63, 3.8) is 0 Å². The Morgan fingerprint density at radius 2 is 1.81 bits per heavy atom. The third-order valence-corrected chi connectivity index (χ3v) is 6.13. The van der Waals surface area contributed by atoms with Gasteiger partial charge in [0.25, 0.3) is 0 Å². The first-order chi connectivity index (χ1) is 12.6. The van der Waals surface area contributed by atoms with Gasteiger partial charge >= 0.3 is 0 Å². The van der Waals surface area contributed by atoms with E-state index >= 15 is 0 Å². The summed E-state index contributed by atoms with van der Waals surface area (Å²) in [6.07, 6.45) is 2.55. The molecule has 1 unspecified atom stereocenters. The SMILES string of the molecule is Cc1cc2c3c(c1)c1c(n3C(=O)CC2c2ccccc2)CCN(C)CC1. The smallest absolute Gasteiger partial charge is 0.232 e. The summed E-state index contributed by atoms with van der Waals surface area (Å²) in [5, 5.41) is 1.30. The van der Waals surface area contributed by atoms with Crippen molar-refractivity contribution in [3.8, 4) is 0 Å². The highest BCUT2D eigenvalue weighted by molar-refractivity contribution is 6.01. The summed E-state index contributed by atoms with van der Waals surface area (Å²) in [6, 6.07) is 15.1. The van der Waals surface area contributed by atoms with E-state index in [1.807, 2.05) is 6.07 Å². The Kier molecular flexibility index (Phi) is 3.54. The van der Waals surface area contributed by atoms with Crippen LogP contribution in [0, 0.1) is 6.92 Å². The number of aromatic nitrogens is 1. The molecule has 0 bridgehead atoms. The van der Waals surface area contributed by atoms with E-state index in [0.717, 1.165) is 25.9 Å². The Bertz CT molecular complexity index is 1020. The molecule has 132 valence electrons. The monoisotopic (exact) mass is 344 g/mol. The Hall–Kier alpha value is -2.39. The van der Waals surface area contributed by atoms with Crippen LogP contribution in [0.4, 0.5) is 0 Å². The maximum absolute atomic E-state index is 13.2. The fourth-order valence-corrected chi connectivity index (χ4v) is 4.86. The lowest BCUT2D eigenvalue weighted by Crippen LogP contribution is -2.25. The minimum Gasteiger partial charge on any atom is -0.306 e. The zero-order valence-electron chi connectivity index (χ0n) is 15.5. The van der Waals surface area contributed by atoms with Gasteiger partial charge in [0.15, 0.2) is 0 Å². The lowest BCUT2D eigenvalue weighted by molar-refractivity contribution is 0.0893. The average molecular weight is 344 g/mol. The van der Waals surface area contributed by atoms with Gasteiger partial charge in [-0.15, -0.1) is 0 Å². The molecule has 0 N–H and O–H groups in total. The van der Waals surface area contributed by atoms with Crippen LogP contribution in [-0.4, -0.2) is 35.5 Å². The topological polar surface area (TPSA) is 25.2 Å². The van der Waals surface area contributed by atoms with E-state index in [9.17, 15) is 4.79 Å². The van der Waals surface area contributed by atoms with Gasteiger partial charge in [0, 0.05) is 42.9 Å². The van der Waals surface area contributed by atoms with Crippen LogP contribution in [0.15, 0.2) is 42.5 Å². The average Bonchev–Trinajstić information content (AvgIpc) is 2.82. The largest absolute Gasteiger partial charge is 0.306 e. The van der Waals surface area contributed by atoms with E-state index in [-0.39, 0.29) is 11.8 Å². The summed E-state index contributed by atoms with van der Waals surface area (Å²) in [6.45, 7) is 4.26. The molecule has 5 rings (SSSR count). The number of carbonyl (C=O) groups is 1. The second-order valence-electron chi connectivity index (χ2n) is 7.88. The Morgan fingerprint density at radius 1 is 1.04 bits per heavy atom. The van der Waals surface area contributed by atoms with Gasteiger partial charge in [0.05, 0.1) is 5.52 Å². The van der Waals surface area contributed by atoms with E-state index in [1.165, 1.54) is 38.9 Å². The van der Waals surface area contributed by atoms with Gasteiger partial charge in [-0.25, -0.2) is 0 Å². The van der Waals surface area contributed by atoms with Crippen LogP contribution in [0.3, 0.4) is 0 Å². The molecular weight excluding hydrogens is 320 g/mol. The molecule has 3 aromatic rings. The normalized spacial score (nSPS) is 20.2. The van der Waals surface area contributed by atoms with Crippen LogP contribution in [-0.2, 0) is 12.8 Å². The van der Waals surface area contributed by atoms with Gasteiger partial charge in [-0.3, -0.25) is 9.36 Å². The number of likely N-dealkylation sites (N-methyl/N-ethyl adjacent to an activating group) is 1. The number of carbonyl (C=O) groups excluding carboxylic acids is 1. The van der Waals surface area contributed by atoms with Crippen LogP contribution in [0.1, 0.15) is 45.1 Å². The maximum Gasteiger partial charge on any atom is 0.232 e. The summed E-state index contributed by atoms with van der Waals surface area (Å²) in [7, 11) is 2.17. The summed E-state index contributed by atoms with van der Waals surface area (Å²) in [5.74, 6) is 0.422. The molecule has 0 fully saturated rings. The van der Waals surface area contributed by atoms with E-state index in [0.29, 0.717) is 6.42 Å². The van der Waals surface area contributed by atoms with E-state index in [1.54, 1.807) is 0 Å². The molecule has 0 saturated heterocycles. The highest BCUT2D eigenvalue weighted by atomic mass is 16.2. The van der Waals surface area contributed by atoms with Crippen LogP contribution in [0.2, 0.25) is 0 Å². The fraction of sp³-hybridized carbons (Fsp3) is 0.348. The van der Waals surface area contributed by atoms with Gasteiger partial charge in [-0.05, 0) is 43.1 Å². The number of nitrogens with zero attached hydrogens (tertiary/aromatic N) is 2. The van der Waals surface area contributed by atoms with Crippen molar-refractivity contribution in [3.05, 3.63) is 70.4 Å². The molecular formula is C23H24N2O. The highest BCUT2D eigenvalue weighted by Crippen LogP contribution is 2.42. The molecule has 2 aliphatic rings. The Morgan fingerprint density at radius 3 is 2.62 bits per heavy atom. The van der Waals surface area contributed by atoms with Gasteiger partial charge in [0.2, 0.25) is 5.91 Å². The lowest BCUT2D eigenvalue weighted by atomic mass is 9.84. The predicted molar refractivity (Wildman–Crippen MR) is 105 cm³/mol. The first-order valence-electron chi connectivity index (χ1n) is 9.57. The summed E-state index contributed by atoms with van der Waals surface area (Å²) >= 11 is 0. The molecule has 0 spiro atoms. The number of rotatable bonds is 1. The minimum atomic E-state index is 0.166. The zero-order chi connectivity index (χ0) is 17.8. The van der Waals surface area contributed by atoms with Crippen LogP contribution < -0.4 is 0 Å². The van der Waals surface area contributed by atoms with Crippen LogP contribution >= 0.6 is 0 Å². The number of hydrogen-bond donors (Lipinski definition) is 0. The van der Waals surface area contributed by atoms with Crippen molar-refractivity contribution in [1.82, 2.24) is 9.47 Å². The molecule has 0 aliphatic carbocycles. The number of aryl methyl sites for hydroxylation is 1. The molecule has 1 atom stereocenters. The molecule has 0 saturated carbocycles. The van der Waals surface area contributed by atoms with Crippen molar-refractivity contribution in [2.24, 2.45) is 0 Å². The highest BCUT2D eigenvalue weighted by Gasteiger charge is 2.33. The third-order valence-electron chi connectivity index (χ3n) is 6.13. The van der Waals surface area contributed by atoms with Crippen molar-refractivity contribution in [2.45, 2.75) is 32.1 Å². The summed E-state index contributed by atoms with van der Waals surface area (Å²) in [5.41, 5.74) is 7.70. The number of benzene rings is 2. The van der Waals surface area contributed by atoms with Gasteiger partial charge in [-0.2, -0.15) is 0 Å².